The molecule has 1 aliphatic rings. The van der Waals surface area contributed by atoms with Gasteiger partial charge in [-0.3, -0.25) is 0 Å². The number of carboxylic acids is 1. The molecule has 0 spiro atoms. The van der Waals surface area contributed by atoms with Crippen molar-refractivity contribution in [1.29, 1.82) is 0 Å². The van der Waals surface area contributed by atoms with Crippen LogP contribution in [-0.4, -0.2) is 20.7 Å². The molecular formula is C15H11ClN2O3. The maximum absolute atomic E-state index is 11.2. The summed E-state index contributed by atoms with van der Waals surface area (Å²) < 4.78 is 6.70. The van der Waals surface area contributed by atoms with E-state index in [0.29, 0.717) is 11.4 Å². The smallest absolute Gasteiger partial charge is 0.358 e. The number of carboxylic acid groups (broad SMARTS) is 1. The third-order valence-electron chi connectivity index (χ3n) is 3.76. The number of aromatic nitrogens is 2. The van der Waals surface area contributed by atoms with Crippen molar-refractivity contribution in [2.75, 3.05) is 0 Å². The Labute approximate surface area is 124 Å². The fourth-order valence-corrected chi connectivity index (χ4v) is 2.80. The summed E-state index contributed by atoms with van der Waals surface area (Å²) in [6.45, 7) is 0. The van der Waals surface area contributed by atoms with Gasteiger partial charge in [0, 0.05) is 5.56 Å². The van der Waals surface area contributed by atoms with Gasteiger partial charge in [0.2, 0.25) is 0 Å². The Morgan fingerprint density at radius 3 is 2.86 bits per heavy atom. The normalized spacial score (nSPS) is 14.7. The summed E-state index contributed by atoms with van der Waals surface area (Å²) in [5, 5.41) is 13.5. The summed E-state index contributed by atoms with van der Waals surface area (Å²) in [6.07, 6.45) is 5.49. The summed E-state index contributed by atoms with van der Waals surface area (Å²) in [5.41, 5.74) is 3.29. The van der Waals surface area contributed by atoms with Gasteiger partial charge in [0.15, 0.2) is 5.69 Å². The molecule has 0 atom stereocenters. The van der Waals surface area contributed by atoms with E-state index < -0.39 is 5.97 Å². The number of nitrogens with zero attached hydrogens (tertiary/aromatic N) is 2. The van der Waals surface area contributed by atoms with Crippen molar-refractivity contribution in [3.8, 4) is 11.3 Å². The fourth-order valence-electron chi connectivity index (χ4n) is 2.54. The van der Waals surface area contributed by atoms with E-state index in [9.17, 15) is 9.90 Å². The van der Waals surface area contributed by atoms with E-state index in [1.807, 2.05) is 18.2 Å². The Morgan fingerprint density at radius 1 is 1.43 bits per heavy atom. The Hall–Kier alpha value is -2.27. The van der Waals surface area contributed by atoms with Gasteiger partial charge in [0.05, 0.1) is 23.7 Å². The minimum Gasteiger partial charge on any atom is -0.476 e. The van der Waals surface area contributed by atoms with Crippen LogP contribution in [0.2, 0.25) is 5.02 Å². The minimum absolute atomic E-state index is 0.130. The van der Waals surface area contributed by atoms with Crippen LogP contribution in [-0.2, 0) is 0 Å². The molecule has 1 N–H and O–H groups in total. The number of carbonyl (C=O) groups is 1. The molecule has 1 fully saturated rings. The molecule has 0 aromatic carbocycles. The van der Waals surface area contributed by atoms with Crippen molar-refractivity contribution in [1.82, 2.24) is 9.61 Å². The molecule has 6 heteroatoms. The van der Waals surface area contributed by atoms with Gasteiger partial charge in [0.1, 0.15) is 5.02 Å². The van der Waals surface area contributed by atoms with Gasteiger partial charge in [-0.2, -0.15) is 5.10 Å². The molecule has 3 heterocycles. The van der Waals surface area contributed by atoms with Gasteiger partial charge in [0.25, 0.3) is 0 Å². The number of hydrogen-bond donors (Lipinski definition) is 1. The zero-order chi connectivity index (χ0) is 14.6. The highest BCUT2D eigenvalue weighted by atomic mass is 35.5. The highest BCUT2D eigenvalue weighted by molar-refractivity contribution is 6.36. The van der Waals surface area contributed by atoms with Crippen molar-refractivity contribution < 1.29 is 14.3 Å². The highest BCUT2D eigenvalue weighted by Crippen LogP contribution is 2.42. The Bertz CT molecular complexity index is 848. The molecule has 0 aliphatic heterocycles. The predicted octanol–water partition coefficient (Wildman–Crippen LogP) is 3.82. The minimum atomic E-state index is -1.13. The summed E-state index contributed by atoms with van der Waals surface area (Å²) >= 11 is 6.19. The first-order valence-electron chi connectivity index (χ1n) is 6.63. The van der Waals surface area contributed by atoms with Gasteiger partial charge in [-0.05, 0) is 42.5 Å². The second kappa shape index (κ2) is 4.36. The predicted molar refractivity (Wildman–Crippen MR) is 76.8 cm³/mol. The van der Waals surface area contributed by atoms with E-state index in [-0.39, 0.29) is 10.7 Å². The van der Waals surface area contributed by atoms with Crippen molar-refractivity contribution in [3.63, 3.8) is 0 Å². The molecule has 0 bridgehead atoms. The van der Waals surface area contributed by atoms with Crippen molar-refractivity contribution in [3.05, 3.63) is 47.0 Å². The molecular weight excluding hydrogens is 292 g/mol. The third-order valence-corrected chi connectivity index (χ3v) is 4.14. The molecule has 1 aliphatic carbocycles. The summed E-state index contributed by atoms with van der Waals surface area (Å²) in [7, 11) is 0. The first-order chi connectivity index (χ1) is 10.1. The average Bonchev–Trinajstić information content (AvgIpc) is 3.06. The number of halogens is 1. The quantitative estimate of drug-likeness (QED) is 0.798. The van der Waals surface area contributed by atoms with Gasteiger partial charge in [-0.1, -0.05) is 11.6 Å². The fraction of sp³-hybridized carbons (Fsp3) is 0.200. The van der Waals surface area contributed by atoms with E-state index >= 15 is 0 Å². The SMILES string of the molecule is O=C(O)c1nn2c(-c3ccoc3)cc(C3CC3)cc2c1Cl. The monoisotopic (exact) mass is 302 g/mol. The number of rotatable bonds is 3. The van der Waals surface area contributed by atoms with E-state index in [0.717, 1.165) is 29.7 Å². The standard InChI is InChI=1S/C15H11ClN2O3/c16-13-12-6-10(8-1-2-8)5-11(9-3-4-21-7-9)18(12)17-14(13)15(19)20/h3-8H,1-2H2,(H,19,20). The second-order valence-corrected chi connectivity index (χ2v) is 5.60. The second-order valence-electron chi connectivity index (χ2n) is 5.22. The highest BCUT2D eigenvalue weighted by Gasteiger charge is 2.27. The zero-order valence-electron chi connectivity index (χ0n) is 10.9. The summed E-state index contributed by atoms with van der Waals surface area (Å²) in [6, 6.07) is 5.79. The molecule has 106 valence electrons. The average molecular weight is 303 g/mol. The Morgan fingerprint density at radius 2 is 2.24 bits per heavy atom. The van der Waals surface area contributed by atoms with Gasteiger partial charge in [-0.15, -0.1) is 0 Å². The molecule has 5 nitrogen and oxygen atoms in total. The lowest BCUT2D eigenvalue weighted by molar-refractivity contribution is 0.0690. The molecule has 0 amide bonds. The first kappa shape index (κ1) is 12.5. The van der Waals surface area contributed by atoms with Crippen LogP contribution < -0.4 is 0 Å². The van der Waals surface area contributed by atoms with Crippen molar-refractivity contribution in [2.24, 2.45) is 0 Å². The van der Waals surface area contributed by atoms with Crippen molar-refractivity contribution >= 4 is 23.1 Å². The number of pyridine rings is 1. The largest absolute Gasteiger partial charge is 0.476 e. The molecule has 1 saturated carbocycles. The van der Waals surface area contributed by atoms with Crippen LogP contribution in [0.15, 0.2) is 35.1 Å². The lowest BCUT2D eigenvalue weighted by atomic mass is 10.1. The Balaban J connectivity index is 2.05. The van der Waals surface area contributed by atoms with Crippen LogP contribution in [0.4, 0.5) is 0 Å². The third kappa shape index (κ3) is 1.93. The van der Waals surface area contributed by atoms with E-state index in [1.165, 1.54) is 0 Å². The lowest BCUT2D eigenvalue weighted by Crippen LogP contribution is -2.00. The summed E-state index contributed by atoms with van der Waals surface area (Å²) in [5.74, 6) is -0.602. The van der Waals surface area contributed by atoms with Crippen LogP contribution in [0, 0.1) is 0 Å². The molecule has 0 radical (unpaired) electrons. The molecule has 0 saturated heterocycles. The number of furan rings is 1. The maximum atomic E-state index is 11.2. The van der Waals surface area contributed by atoms with Gasteiger partial charge < -0.3 is 9.52 Å². The lowest BCUT2D eigenvalue weighted by Gasteiger charge is -2.06. The van der Waals surface area contributed by atoms with E-state index in [2.05, 4.69) is 5.10 Å². The van der Waals surface area contributed by atoms with Crippen LogP contribution in [0.25, 0.3) is 16.8 Å². The Kier molecular flexibility index (Phi) is 2.59. The van der Waals surface area contributed by atoms with Crippen LogP contribution >= 0.6 is 11.6 Å². The van der Waals surface area contributed by atoms with Crippen LogP contribution in [0.3, 0.4) is 0 Å². The topological polar surface area (TPSA) is 67.7 Å². The number of hydrogen-bond acceptors (Lipinski definition) is 3. The molecule has 21 heavy (non-hydrogen) atoms. The number of fused-ring (bicyclic) bond motifs is 1. The molecule has 3 aromatic rings. The van der Waals surface area contributed by atoms with Gasteiger partial charge in [-0.25, -0.2) is 9.31 Å². The maximum Gasteiger partial charge on any atom is 0.358 e. The van der Waals surface area contributed by atoms with E-state index in [4.69, 9.17) is 16.0 Å². The number of aromatic carboxylic acids is 1. The van der Waals surface area contributed by atoms with Crippen LogP contribution in [0.5, 0.6) is 0 Å². The first-order valence-corrected chi connectivity index (χ1v) is 7.01. The van der Waals surface area contributed by atoms with Crippen molar-refractivity contribution in [2.45, 2.75) is 18.8 Å². The van der Waals surface area contributed by atoms with Crippen LogP contribution in [0.1, 0.15) is 34.8 Å². The summed E-state index contributed by atoms with van der Waals surface area (Å²) in [4.78, 5) is 11.2. The van der Waals surface area contributed by atoms with E-state index in [1.54, 1.807) is 17.0 Å². The molecule has 3 aromatic heterocycles. The van der Waals surface area contributed by atoms with Gasteiger partial charge >= 0.3 is 5.97 Å². The molecule has 0 unspecified atom stereocenters. The zero-order valence-corrected chi connectivity index (χ0v) is 11.7. The molecule has 4 rings (SSSR count).